The summed E-state index contributed by atoms with van der Waals surface area (Å²) in [5.74, 6) is 2.34. The summed E-state index contributed by atoms with van der Waals surface area (Å²) < 4.78 is 17.1. The Morgan fingerprint density at radius 1 is 1.12 bits per heavy atom. The summed E-state index contributed by atoms with van der Waals surface area (Å²) in [5.41, 5.74) is 15.6. The number of ether oxygens (including phenoxy) is 3. The quantitative estimate of drug-likeness (QED) is 0.154. The lowest BCUT2D eigenvalue weighted by molar-refractivity contribution is 0.391. The Morgan fingerprint density at radius 2 is 1.85 bits per heavy atom. The third kappa shape index (κ3) is 7.55. The van der Waals surface area contributed by atoms with Crippen molar-refractivity contribution in [2.45, 2.75) is 51.6 Å². The molecule has 0 spiro atoms. The summed E-state index contributed by atoms with van der Waals surface area (Å²) in [6.07, 6.45) is 7.11. The smallest absolute Gasteiger partial charge is 0.247 e. The van der Waals surface area contributed by atoms with Gasteiger partial charge in [0.25, 0.3) is 0 Å². The number of nitrogens with one attached hydrogen (secondary N) is 1. The van der Waals surface area contributed by atoms with Crippen LogP contribution < -0.4 is 31.0 Å². The van der Waals surface area contributed by atoms with Gasteiger partial charge in [0, 0.05) is 29.7 Å². The zero-order chi connectivity index (χ0) is 29.1. The van der Waals surface area contributed by atoms with Crippen molar-refractivity contribution in [3.63, 3.8) is 0 Å². The summed E-state index contributed by atoms with van der Waals surface area (Å²) in [5, 5.41) is 21.5. The maximum atomic E-state index is 9.16. The molecule has 40 heavy (non-hydrogen) atoms. The molecule has 1 aliphatic carbocycles. The van der Waals surface area contributed by atoms with Crippen molar-refractivity contribution in [2.75, 3.05) is 14.2 Å². The molecule has 0 atom stereocenters. The van der Waals surface area contributed by atoms with Gasteiger partial charge in [-0.05, 0) is 80.1 Å². The largest absolute Gasteiger partial charge is 0.497 e. The summed E-state index contributed by atoms with van der Waals surface area (Å²) in [6, 6.07) is 13.5. The van der Waals surface area contributed by atoms with Crippen molar-refractivity contribution in [1.29, 1.82) is 10.5 Å². The first-order valence-corrected chi connectivity index (χ1v) is 12.8. The van der Waals surface area contributed by atoms with Crippen LogP contribution >= 0.6 is 0 Å². The van der Waals surface area contributed by atoms with Crippen molar-refractivity contribution in [2.24, 2.45) is 21.5 Å². The first kappa shape index (κ1) is 29.6. The Labute approximate surface area is 235 Å². The molecule has 1 saturated carbocycles. The number of nitriles is 2. The number of hydrogen-bond acceptors (Lipinski definition) is 8. The average Bonchev–Trinajstić information content (AvgIpc) is 3.73. The van der Waals surface area contributed by atoms with Gasteiger partial charge in [-0.3, -0.25) is 4.99 Å². The molecule has 5 N–H and O–H groups in total. The van der Waals surface area contributed by atoms with Gasteiger partial charge in [-0.15, -0.1) is 0 Å². The molecule has 0 aromatic heterocycles. The van der Waals surface area contributed by atoms with Gasteiger partial charge in [0.1, 0.15) is 22.9 Å². The van der Waals surface area contributed by atoms with E-state index in [1.54, 1.807) is 26.4 Å². The zero-order valence-electron chi connectivity index (χ0n) is 23.3. The SMILES string of the molecule is COc1ccc(CN=C(NC2(CCC#N)CC2)/C(N)=C(\N=C\N)Oc2c(C)cc(/C=C/C#N)cc2C)c(OC)c1. The van der Waals surface area contributed by atoms with Gasteiger partial charge in [0.15, 0.2) is 5.84 Å². The molecule has 0 saturated heterocycles. The van der Waals surface area contributed by atoms with Crippen LogP contribution in [0, 0.1) is 36.5 Å². The summed E-state index contributed by atoms with van der Waals surface area (Å²) in [7, 11) is 3.18. The highest BCUT2D eigenvalue weighted by Gasteiger charge is 2.43. The molecule has 0 unspecified atom stereocenters. The molecule has 3 rings (SSSR count). The Balaban J connectivity index is 2.04. The van der Waals surface area contributed by atoms with Crippen molar-refractivity contribution in [1.82, 2.24) is 5.32 Å². The maximum absolute atomic E-state index is 9.16. The number of allylic oxidation sites excluding steroid dienone is 1. The van der Waals surface area contributed by atoms with Gasteiger partial charge >= 0.3 is 0 Å². The molecule has 0 heterocycles. The number of rotatable bonds is 12. The molecule has 208 valence electrons. The van der Waals surface area contributed by atoms with Crippen LogP contribution in [0.25, 0.3) is 6.08 Å². The van der Waals surface area contributed by atoms with Crippen LogP contribution in [0.15, 0.2) is 58.0 Å². The monoisotopic (exact) mass is 541 g/mol. The molecule has 10 nitrogen and oxygen atoms in total. The maximum Gasteiger partial charge on any atom is 0.247 e. The minimum atomic E-state index is -0.277. The van der Waals surface area contributed by atoms with E-state index in [-0.39, 0.29) is 23.7 Å². The molecular formula is C30H35N7O3. The van der Waals surface area contributed by atoms with Crippen LogP contribution in [-0.2, 0) is 6.54 Å². The number of aliphatic imine (C=N–C) groups is 2. The second kappa shape index (κ2) is 13.7. The van der Waals surface area contributed by atoms with E-state index in [0.717, 1.165) is 41.4 Å². The Hall–Kier alpha value is -4.96. The van der Waals surface area contributed by atoms with E-state index in [9.17, 15) is 0 Å². The fraction of sp³-hybridized carbons (Fsp3) is 0.333. The first-order chi connectivity index (χ1) is 19.3. The normalized spacial score (nSPS) is 14.8. The van der Waals surface area contributed by atoms with Crippen LogP contribution in [-0.4, -0.2) is 31.9 Å². The zero-order valence-corrected chi connectivity index (χ0v) is 23.3. The number of methoxy groups -OCH3 is 2. The molecule has 10 heteroatoms. The number of nitrogens with zero attached hydrogens (tertiary/aromatic N) is 4. The third-order valence-electron chi connectivity index (χ3n) is 6.56. The van der Waals surface area contributed by atoms with E-state index < -0.39 is 0 Å². The lowest BCUT2D eigenvalue weighted by atomic mass is 10.1. The van der Waals surface area contributed by atoms with E-state index in [1.165, 1.54) is 6.08 Å². The Kier molecular flexibility index (Phi) is 10.2. The molecular weight excluding hydrogens is 506 g/mol. The number of hydrogen-bond donors (Lipinski definition) is 3. The third-order valence-corrected chi connectivity index (χ3v) is 6.56. The highest BCUT2D eigenvalue weighted by molar-refractivity contribution is 5.98. The first-order valence-electron chi connectivity index (χ1n) is 12.8. The second-order valence-electron chi connectivity index (χ2n) is 9.45. The lowest BCUT2D eigenvalue weighted by Crippen LogP contribution is -2.40. The standard InChI is InChI=1S/C30H35N7O3/c1-20-15-22(7-5-13-31)16-21(2)27(20)40-29(36-19-33)26(34)28(37-30(11-12-30)10-6-14-32)35-18-23-8-9-24(38-3)17-25(23)39-4/h5,7-9,15-17,19H,6,10-12,18,34H2,1-4H3,(H2,33,36)(H,35,37)/b7-5+,29-26-. The van der Waals surface area contributed by atoms with E-state index >= 15 is 0 Å². The van der Waals surface area contributed by atoms with Crippen molar-refractivity contribution >= 4 is 18.3 Å². The minimum absolute atomic E-state index is 0.0815. The molecule has 1 aliphatic rings. The predicted molar refractivity (Wildman–Crippen MR) is 156 cm³/mol. The predicted octanol–water partition coefficient (Wildman–Crippen LogP) is 4.38. The van der Waals surface area contributed by atoms with Gasteiger partial charge < -0.3 is 31.0 Å². The fourth-order valence-corrected chi connectivity index (χ4v) is 4.26. The van der Waals surface area contributed by atoms with Crippen LogP contribution in [0.1, 0.15) is 47.9 Å². The number of amidine groups is 1. The van der Waals surface area contributed by atoms with Crippen LogP contribution in [0.5, 0.6) is 17.2 Å². The highest BCUT2D eigenvalue weighted by atomic mass is 16.5. The Morgan fingerprint density at radius 3 is 2.42 bits per heavy atom. The Bertz CT molecular complexity index is 1400. The number of benzene rings is 2. The average molecular weight is 542 g/mol. The van der Waals surface area contributed by atoms with Gasteiger partial charge in [-0.25, -0.2) is 4.99 Å². The van der Waals surface area contributed by atoms with Gasteiger partial charge in [-0.2, -0.15) is 10.5 Å². The number of aryl methyl sites for hydroxylation is 2. The summed E-state index contributed by atoms with van der Waals surface area (Å²) in [6.45, 7) is 4.05. The second-order valence-corrected chi connectivity index (χ2v) is 9.45. The van der Waals surface area contributed by atoms with Crippen LogP contribution in [0.3, 0.4) is 0 Å². The molecule has 2 aromatic rings. The van der Waals surface area contributed by atoms with Gasteiger partial charge in [-0.1, -0.05) is 0 Å². The minimum Gasteiger partial charge on any atom is -0.497 e. The topological polar surface area (TPSA) is 164 Å². The van der Waals surface area contributed by atoms with Crippen LogP contribution in [0.2, 0.25) is 0 Å². The van der Waals surface area contributed by atoms with Gasteiger partial charge in [0.05, 0.1) is 39.2 Å². The summed E-state index contributed by atoms with van der Waals surface area (Å²) in [4.78, 5) is 9.05. The fourth-order valence-electron chi connectivity index (χ4n) is 4.26. The molecule has 0 radical (unpaired) electrons. The highest BCUT2D eigenvalue weighted by Crippen LogP contribution is 2.40. The van der Waals surface area contributed by atoms with Crippen molar-refractivity contribution < 1.29 is 14.2 Å². The molecule has 0 amide bonds. The van der Waals surface area contributed by atoms with E-state index in [0.29, 0.717) is 35.9 Å². The summed E-state index contributed by atoms with van der Waals surface area (Å²) >= 11 is 0. The van der Waals surface area contributed by atoms with E-state index in [4.69, 9.17) is 41.2 Å². The number of nitrogens with two attached hydrogens (primary N) is 2. The van der Waals surface area contributed by atoms with E-state index in [2.05, 4.69) is 16.4 Å². The van der Waals surface area contributed by atoms with Crippen LogP contribution in [0.4, 0.5) is 0 Å². The molecule has 1 fully saturated rings. The van der Waals surface area contributed by atoms with Crippen molar-refractivity contribution in [3.8, 4) is 29.4 Å². The molecule has 2 aromatic carbocycles. The lowest BCUT2D eigenvalue weighted by Gasteiger charge is -2.21. The van der Waals surface area contributed by atoms with E-state index in [1.807, 2.05) is 44.2 Å². The molecule has 0 bridgehead atoms. The van der Waals surface area contributed by atoms with Crippen molar-refractivity contribution in [3.05, 3.63) is 70.2 Å². The van der Waals surface area contributed by atoms with Gasteiger partial charge in [0.2, 0.25) is 5.88 Å². The molecule has 0 aliphatic heterocycles.